The summed E-state index contributed by atoms with van der Waals surface area (Å²) >= 11 is 0. The molecule has 0 bridgehead atoms. The van der Waals surface area contributed by atoms with Crippen molar-refractivity contribution in [2.75, 3.05) is 19.5 Å². The summed E-state index contributed by atoms with van der Waals surface area (Å²) < 4.78 is 0. The Kier molecular flexibility index (Phi) is 3.99. The van der Waals surface area contributed by atoms with Gasteiger partial charge in [-0.1, -0.05) is 0 Å². The van der Waals surface area contributed by atoms with Crippen LogP contribution in [0, 0.1) is 13.8 Å². The number of nitrogens with zero attached hydrogens (tertiary/aromatic N) is 3. The predicted molar refractivity (Wildman–Crippen MR) is 59.4 cm³/mol. The normalized spacial score (nSPS) is 12.9. The molecule has 0 spiro atoms. The Bertz CT molecular complexity index is 309. The van der Waals surface area contributed by atoms with Crippen LogP contribution in [0.15, 0.2) is 6.07 Å². The fraction of sp³-hybridized carbons (Fsp3) is 0.600. The molecule has 1 aromatic heterocycles. The van der Waals surface area contributed by atoms with E-state index in [1.165, 1.54) is 0 Å². The smallest absolute Gasteiger partial charge is 0.224 e. The minimum Gasteiger partial charge on any atom is -0.337 e. The number of hydrogen-bond acceptors (Lipinski definition) is 5. The van der Waals surface area contributed by atoms with Crippen LogP contribution in [0.3, 0.4) is 0 Å². The molecule has 0 aliphatic heterocycles. The minimum atomic E-state index is 0.0243. The van der Waals surface area contributed by atoms with Gasteiger partial charge in [0.1, 0.15) is 6.17 Å². The molecule has 0 aromatic carbocycles. The first-order valence-electron chi connectivity index (χ1n) is 4.88. The molecule has 1 N–H and O–H groups in total. The molecule has 0 saturated heterocycles. The van der Waals surface area contributed by atoms with Crippen LogP contribution in [-0.2, 0) is 4.84 Å². The highest BCUT2D eigenvalue weighted by molar-refractivity contribution is 5.28. The topological polar surface area (TPSA) is 50.3 Å². The third kappa shape index (κ3) is 3.45. The molecule has 1 aromatic rings. The average Bonchev–Trinajstić information content (AvgIpc) is 2.14. The summed E-state index contributed by atoms with van der Waals surface area (Å²) in [5, 5.41) is 4.85. The van der Waals surface area contributed by atoms with Crippen LogP contribution in [0.25, 0.3) is 0 Å². The van der Waals surface area contributed by atoms with Gasteiger partial charge >= 0.3 is 0 Å². The molecular weight excluding hydrogens is 192 g/mol. The highest BCUT2D eigenvalue weighted by Crippen LogP contribution is 2.06. The van der Waals surface area contributed by atoms with E-state index in [2.05, 4.69) is 15.3 Å². The highest BCUT2D eigenvalue weighted by atomic mass is 16.7. The fourth-order valence-electron chi connectivity index (χ4n) is 1.23. The van der Waals surface area contributed by atoms with Crippen molar-refractivity contribution in [3.8, 4) is 0 Å². The van der Waals surface area contributed by atoms with Crippen LogP contribution < -0.4 is 5.32 Å². The third-order valence-electron chi connectivity index (χ3n) is 2.15. The molecule has 0 fully saturated rings. The Morgan fingerprint density at radius 3 is 2.33 bits per heavy atom. The number of rotatable bonds is 4. The monoisotopic (exact) mass is 210 g/mol. The first-order chi connectivity index (χ1) is 7.02. The molecule has 0 saturated carbocycles. The molecule has 1 rings (SSSR count). The number of aryl methyl sites for hydroxylation is 2. The maximum atomic E-state index is 5.06. The standard InChI is InChI=1S/C10H18N4O/c1-7-6-8(2)12-10(11-7)13-9(3)14(4)15-5/h6,9H,1-5H3,(H,11,12,13). The van der Waals surface area contributed by atoms with Gasteiger partial charge in [0.05, 0.1) is 7.11 Å². The second-order valence-electron chi connectivity index (χ2n) is 3.52. The third-order valence-corrected chi connectivity index (χ3v) is 2.15. The summed E-state index contributed by atoms with van der Waals surface area (Å²) in [4.78, 5) is 13.6. The van der Waals surface area contributed by atoms with Crippen LogP contribution in [0.4, 0.5) is 5.95 Å². The van der Waals surface area contributed by atoms with Crippen molar-refractivity contribution in [2.24, 2.45) is 0 Å². The number of anilines is 1. The number of hydrogen-bond donors (Lipinski definition) is 1. The van der Waals surface area contributed by atoms with Crippen molar-refractivity contribution >= 4 is 5.95 Å². The lowest BCUT2D eigenvalue weighted by molar-refractivity contribution is -0.129. The van der Waals surface area contributed by atoms with Gasteiger partial charge in [-0.05, 0) is 26.8 Å². The molecule has 1 heterocycles. The number of nitrogens with one attached hydrogen (secondary N) is 1. The second kappa shape index (κ2) is 5.04. The lowest BCUT2D eigenvalue weighted by atomic mass is 10.3. The van der Waals surface area contributed by atoms with Gasteiger partial charge in [0, 0.05) is 18.4 Å². The zero-order valence-corrected chi connectivity index (χ0v) is 9.90. The van der Waals surface area contributed by atoms with E-state index >= 15 is 0 Å². The van der Waals surface area contributed by atoms with Crippen molar-refractivity contribution < 1.29 is 4.84 Å². The quantitative estimate of drug-likeness (QED) is 0.600. The van der Waals surface area contributed by atoms with Gasteiger partial charge < -0.3 is 10.2 Å². The van der Waals surface area contributed by atoms with Crippen molar-refractivity contribution in [1.29, 1.82) is 0 Å². The van der Waals surface area contributed by atoms with E-state index in [-0.39, 0.29) is 6.17 Å². The summed E-state index contributed by atoms with van der Waals surface area (Å²) in [5.41, 5.74) is 1.91. The predicted octanol–water partition coefficient (Wildman–Crippen LogP) is 1.34. The van der Waals surface area contributed by atoms with E-state index in [0.29, 0.717) is 5.95 Å². The molecule has 0 aliphatic rings. The summed E-state index contributed by atoms with van der Waals surface area (Å²) in [6, 6.07) is 1.94. The van der Waals surface area contributed by atoms with Gasteiger partial charge in [-0.15, -0.1) is 0 Å². The molecule has 1 atom stereocenters. The van der Waals surface area contributed by atoms with Gasteiger partial charge in [0.2, 0.25) is 5.95 Å². The van der Waals surface area contributed by atoms with Gasteiger partial charge in [0.15, 0.2) is 0 Å². The zero-order chi connectivity index (χ0) is 11.4. The van der Waals surface area contributed by atoms with E-state index in [9.17, 15) is 0 Å². The molecule has 0 aliphatic carbocycles. The van der Waals surface area contributed by atoms with Gasteiger partial charge in [-0.3, -0.25) is 0 Å². The summed E-state index contributed by atoms with van der Waals surface area (Å²) in [6.45, 7) is 5.87. The van der Waals surface area contributed by atoms with Crippen LogP contribution in [0.2, 0.25) is 0 Å². The molecule has 0 amide bonds. The Labute approximate surface area is 90.4 Å². The maximum absolute atomic E-state index is 5.06. The van der Waals surface area contributed by atoms with E-state index in [4.69, 9.17) is 4.84 Å². The average molecular weight is 210 g/mol. The molecule has 5 nitrogen and oxygen atoms in total. The summed E-state index contributed by atoms with van der Waals surface area (Å²) in [7, 11) is 3.47. The van der Waals surface area contributed by atoms with Crippen molar-refractivity contribution in [3.63, 3.8) is 0 Å². The maximum Gasteiger partial charge on any atom is 0.224 e. The molecule has 84 valence electrons. The van der Waals surface area contributed by atoms with Gasteiger partial charge in [-0.25, -0.2) is 9.97 Å². The first-order valence-corrected chi connectivity index (χ1v) is 4.88. The second-order valence-corrected chi connectivity index (χ2v) is 3.52. The lowest BCUT2D eigenvalue weighted by Crippen LogP contribution is -2.35. The van der Waals surface area contributed by atoms with Crippen LogP contribution in [0.5, 0.6) is 0 Å². The number of aromatic nitrogens is 2. The Morgan fingerprint density at radius 1 is 1.33 bits per heavy atom. The van der Waals surface area contributed by atoms with Crippen LogP contribution in [0.1, 0.15) is 18.3 Å². The van der Waals surface area contributed by atoms with Gasteiger partial charge in [-0.2, -0.15) is 5.06 Å². The lowest BCUT2D eigenvalue weighted by Gasteiger charge is -2.23. The minimum absolute atomic E-state index is 0.0243. The van der Waals surface area contributed by atoms with Gasteiger partial charge in [0.25, 0.3) is 0 Å². The summed E-state index contributed by atoms with van der Waals surface area (Å²) in [5.74, 6) is 0.629. The van der Waals surface area contributed by atoms with Crippen molar-refractivity contribution in [1.82, 2.24) is 15.0 Å². The molecule has 1 unspecified atom stereocenters. The van der Waals surface area contributed by atoms with Crippen molar-refractivity contribution in [2.45, 2.75) is 26.9 Å². The first kappa shape index (κ1) is 11.9. The highest BCUT2D eigenvalue weighted by Gasteiger charge is 2.09. The van der Waals surface area contributed by atoms with Crippen LogP contribution in [-0.4, -0.2) is 35.4 Å². The fourth-order valence-corrected chi connectivity index (χ4v) is 1.23. The SMILES string of the molecule is CON(C)C(C)Nc1nc(C)cc(C)n1. The summed E-state index contributed by atoms with van der Waals surface area (Å²) in [6.07, 6.45) is 0.0243. The van der Waals surface area contributed by atoms with Crippen LogP contribution >= 0.6 is 0 Å². The molecular formula is C10H18N4O. The Hall–Kier alpha value is -1.20. The molecule has 15 heavy (non-hydrogen) atoms. The zero-order valence-electron chi connectivity index (χ0n) is 9.90. The largest absolute Gasteiger partial charge is 0.337 e. The molecule has 0 radical (unpaired) electrons. The Balaban J connectivity index is 2.72. The number of hydroxylamine groups is 2. The van der Waals surface area contributed by atoms with Crippen molar-refractivity contribution in [3.05, 3.63) is 17.5 Å². The van der Waals surface area contributed by atoms with E-state index < -0.39 is 0 Å². The van der Waals surface area contributed by atoms with E-state index in [0.717, 1.165) is 11.4 Å². The van der Waals surface area contributed by atoms with E-state index in [1.807, 2.05) is 33.9 Å². The van der Waals surface area contributed by atoms with E-state index in [1.54, 1.807) is 12.2 Å². The Morgan fingerprint density at radius 2 is 1.87 bits per heavy atom. The molecule has 5 heteroatoms.